The molecule has 2 nitrogen and oxygen atoms in total. The molecule has 0 aromatic carbocycles. The van der Waals surface area contributed by atoms with Gasteiger partial charge in [-0.1, -0.05) is 0 Å². The molecule has 1 aromatic heterocycles. The minimum absolute atomic E-state index is 0.0243. The summed E-state index contributed by atoms with van der Waals surface area (Å²) < 4.78 is 25.4. The van der Waals surface area contributed by atoms with E-state index in [1.807, 2.05) is 28.7 Å². The zero-order chi connectivity index (χ0) is 9.84. The quantitative estimate of drug-likeness (QED) is 0.786. The molecular weight excluding hydrogens is 289 g/mol. The average molecular weight is 294 g/mol. The lowest BCUT2D eigenvalue weighted by Gasteiger charge is -2.04. The number of hydrogen-bond acceptors (Lipinski definition) is 2. The second-order valence-corrected chi connectivity index (χ2v) is 3.58. The Morgan fingerprint density at radius 1 is 1.62 bits per heavy atom. The molecule has 0 unspecified atom stereocenters. The van der Waals surface area contributed by atoms with Crippen LogP contribution in [0.3, 0.4) is 0 Å². The summed E-state index contributed by atoms with van der Waals surface area (Å²) in [6.07, 6.45) is -1.27. The summed E-state index contributed by atoms with van der Waals surface area (Å²) in [6.45, 7) is 0. The van der Waals surface area contributed by atoms with E-state index in [1.54, 1.807) is 6.07 Å². The fraction of sp³-hybridized carbons (Fsp3) is 0.250. The van der Waals surface area contributed by atoms with Crippen LogP contribution in [0.4, 0.5) is 8.78 Å². The van der Waals surface area contributed by atoms with E-state index in [4.69, 9.17) is 5.26 Å². The molecule has 0 spiro atoms. The van der Waals surface area contributed by atoms with E-state index in [1.165, 1.54) is 6.20 Å². The molecule has 1 rings (SSSR count). The summed E-state index contributed by atoms with van der Waals surface area (Å²) >= 11 is 1.97. The van der Waals surface area contributed by atoms with Gasteiger partial charge in [0.1, 0.15) is 5.69 Å². The number of halogens is 3. The molecule has 1 heterocycles. The highest BCUT2D eigenvalue weighted by molar-refractivity contribution is 14.1. The molecule has 0 amide bonds. The van der Waals surface area contributed by atoms with Gasteiger partial charge in [0.2, 0.25) is 0 Å². The molecule has 0 N–H and O–H groups in total. The van der Waals surface area contributed by atoms with Crippen LogP contribution >= 0.6 is 22.6 Å². The Hall–Kier alpha value is -0.770. The third kappa shape index (κ3) is 2.59. The first kappa shape index (κ1) is 10.3. The highest BCUT2D eigenvalue weighted by Gasteiger charge is 2.14. The number of nitrogens with zero attached hydrogens (tertiary/aromatic N) is 2. The monoisotopic (exact) mass is 294 g/mol. The van der Waals surface area contributed by atoms with Gasteiger partial charge < -0.3 is 0 Å². The molecule has 0 atom stereocenters. The van der Waals surface area contributed by atoms with Gasteiger partial charge >= 0.3 is 0 Å². The van der Waals surface area contributed by atoms with E-state index in [-0.39, 0.29) is 12.1 Å². The molecule has 0 bridgehead atoms. The van der Waals surface area contributed by atoms with Gasteiger partial charge in [0.05, 0.1) is 12.5 Å². The molecule has 0 aliphatic rings. The summed E-state index contributed by atoms with van der Waals surface area (Å²) in [6, 6.07) is 3.38. The van der Waals surface area contributed by atoms with Crippen LogP contribution in [0.2, 0.25) is 0 Å². The van der Waals surface area contributed by atoms with Gasteiger partial charge in [0, 0.05) is 9.77 Å². The summed E-state index contributed by atoms with van der Waals surface area (Å²) in [7, 11) is 0. The Kier molecular flexibility index (Phi) is 3.54. The average Bonchev–Trinajstić information content (AvgIpc) is 2.04. The lowest BCUT2D eigenvalue weighted by Crippen LogP contribution is -1.98. The van der Waals surface area contributed by atoms with Gasteiger partial charge in [-0.05, 0) is 34.2 Å². The van der Waals surface area contributed by atoms with Crippen LogP contribution in [0.1, 0.15) is 17.7 Å². The number of pyridine rings is 1. The molecule has 68 valence electrons. The van der Waals surface area contributed by atoms with Crippen LogP contribution in [0.15, 0.2) is 12.3 Å². The molecule has 0 radical (unpaired) electrons. The summed E-state index contributed by atoms with van der Waals surface area (Å²) in [5.74, 6) is 0. The van der Waals surface area contributed by atoms with Crippen molar-refractivity contribution < 1.29 is 8.78 Å². The number of aromatic nitrogens is 1. The van der Waals surface area contributed by atoms with Crippen LogP contribution < -0.4 is 0 Å². The Morgan fingerprint density at radius 3 is 2.85 bits per heavy atom. The van der Waals surface area contributed by atoms with Crippen molar-refractivity contribution in [1.82, 2.24) is 4.98 Å². The number of alkyl halides is 2. The normalized spacial score (nSPS) is 10.1. The van der Waals surface area contributed by atoms with Gasteiger partial charge in [0.25, 0.3) is 6.43 Å². The summed E-state index contributed by atoms with van der Waals surface area (Å²) in [4.78, 5) is 3.59. The Bertz CT molecular complexity index is 346. The highest BCUT2D eigenvalue weighted by atomic mass is 127. The van der Waals surface area contributed by atoms with Crippen molar-refractivity contribution in [1.29, 1.82) is 5.26 Å². The van der Waals surface area contributed by atoms with Crippen LogP contribution in [-0.4, -0.2) is 4.98 Å². The predicted octanol–water partition coefficient (Wildman–Crippen LogP) is 2.69. The lowest BCUT2D eigenvalue weighted by molar-refractivity contribution is 0.145. The minimum atomic E-state index is -2.61. The molecular formula is C8H5F2IN2. The fourth-order valence-electron chi connectivity index (χ4n) is 0.915. The largest absolute Gasteiger partial charge is 0.280 e. The van der Waals surface area contributed by atoms with Crippen molar-refractivity contribution in [3.8, 4) is 6.07 Å². The maximum absolute atomic E-state index is 12.3. The standard InChI is InChI=1S/C8H5F2IN2/c9-8(10)7-5(1-2-12)3-6(11)4-13-7/h3-4,8H,1H2. The van der Waals surface area contributed by atoms with Crippen LogP contribution in [0.5, 0.6) is 0 Å². The Morgan fingerprint density at radius 2 is 2.31 bits per heavy atom. The maximum atomic E-state index is 12.3. The first-order chi connectivity index (χ1) is 6.15. The molecule has 5 heteroatoms. The van der Waals surface area contributed by atoms with E-state index in [9.17, 15) is 8.78 Å². The zero-order valence-corrected chi connectivity index (χ0v) is 8.62. The van der Waals surface area contributed by atoms with Crippen LogP contribution in [0.25, 0.3) is 0 Å². The molecule has 0 saturated heterocycles. The smallest absolute Gasteiger partial charge is 0.254 e. The van der Waals surface area contributed by atoms with Crippen molar-refractivity contribution in [3.05, 3.63) is 27.1 Å². The first-order valence-corrected chi connectivity index (χ1v) is 4.52. The van der Waals surface area contributed by atoms with Crippen LogP contribution in [-0.2, 0) is 6.42 Å². The molecule has 1 aromatic rings. The van der Waals surface area contributed by atoms with Crippen molar-refractivity contribution in [2.24, 2.45) is 0 Å². The van der Waals surface area contributed by atoms with Crippen LogP contribution in [0, 0.1) is 14.9 Å². The Balaban J connectivity index is 3.12. The third-order valence-corrected chi connectivity index (χ3v) is 2.03. The number of hydrogen-bond donors (Lipinski definition) is 0. The van der Waals surface area contributed by atoms with Crippen molar-refractivity contribution in [3.63, 3.8) is 0 Å². The summed E-state index contributed by atoms with van der Waals surface area (Å²) in [5, 5.41) is 8.39. The van der Waals surface area contributed by atoms with Crippen molar-refractivity contribution in [2.75, 3.05) is 0 Å². The SMILES string of the molecule is N#CCc1cc(I)cnc1C(F)F. The summed E-state index contributed by atoms with van der Waals surface area (Å²) in [5.41, 5.74) is 0.0198. The second kappa shape index (κ2) is 4.46. The maximum Gasteiger partial charge on any atom is 0.280 e. The highest BCUT2D eigenvalue weighted by Crippen LogP contribution is 2.22. The van der Waals surface area contributed by atoms with E-state index in [0.29, 0.717) is 5.56 Å². The first-order valence-electron chi connectivity index (χ1n) is 3.44. The zero-order valence-electron chi connectivity index (χ0n) is 6.47. The van der Waals surface area contributed by atoms with Crippen molar-refractivity contribution >= 4 is 22.6 Å². The Labute approximate surface area is 87.7 Å². The lowest BCUT2D eigenvalue weighted by atomic mass is 10.1. The van der Waals surface area contributed by atoms with Gasteiger partial charge in [-0.2, -0.15) is 5.26 Å². The van der Waals surface area contributed by atoms with E-state index in [2.05, 4.69) is 4.98 Å². The molecule has 0 aliphatic heterocycles. The van der Waals surface area contributed by atoms with Gasteiger partial charge in [-0.3, -0.25) is 4.98 Å². The predicted molar refractivity (Wildman–Crippen MR) is 51.2 cm³/mol. The minimum Gasteiger partial charge on any atom is -0.254 e. The molecule has 0 aliphatic carbocycles. The van der Waals surface area contributed by atoms with Gasteiger partial charge in [-0.15, -0.1) is 0 Å². The number of rotatable bonds is 2. The molecule has 0 saturated carbocycles. The van der Waals surface area contributed by atoms with Gasteiger partial charge in [0.15, 0.2) is 0 Å². The second-order valence-electron chi connectivity index (χ2n) is 2.33. The van der Waals surface area contributed by atoms with E-state index >= 15 is 0 Å². The molecule has 0 fully saturated rings. The number of nitriles is 1. The molecule has 13 heavy (non-hydrogen) atoms. The third-order valence-electron chi connectivity index (χ3n) is 1.44. The van der Waals surface area contributed by atoms with Gasteiger partial charge in [-0.25, -0.2) is 8.78 Å². The fourth-order valence-corrected chi connectivity index (χ4v) is 1.43. The van der Waals surface area contributed by atoms with E-state index in [0.717, 1.165) is 3.57 Å². The topological polar surface area (TPSA) is 36.7 Å². The van der Waals surface area contributed by atoms with E-state index < -0.39 is 6.43 Å². The van der Waals surface area contributed by atoms with Crippen molar-refractivity contribution in [2.45, 2.75) is 12.8 Å².